The number of rotatable bonds is 12. The zero-order valence-electron chi connectivity index (χ0n) is 25.8. The SMILES string of the molecule is O=C(Nc1cccc(CCNC[C@H](O)c2ccc(OCc3ccccc3)c3[nH]c(=O)ccc23)c1)Nc1ccccc1-c1ccccc1. The molecule has 0 saturated heterocycles. The maximum atomic E-state index is 12.9. The predicted octanol–water partition coefficient (Wildman–Crippen LogP) is 7.28. The first-order valence-corrected chi connectivity index (χ1v) is 15.6. The van der Waals surface area contributed by atoms with E-state index in [1.807, 2.05) is 115 Å². The number of hydrogen-bond acceptors (Lipinski definition) is 5. The summed E-state index contributed by atoms with van der Waals surface area (Å²) in [4.78, 5) is 27.9. The first-order valence-electron chi connectivity index (χ1n) is 15.6. The molecule has 0 spiro atoms. The normalized spacial score (nSPS) is 11.6. The van der Waals surface area contributed by atoms with Crippen molar-refractivity contribution in [3.8, 4) is 16.9 Å². The molecule has 1 aromatic heterocycles. The van der Waals surface area contributed by atoms with Crippen molar-refractivity contribution in [3.63, 3.8) is 0 Å². The quantitative estimate of drug-likeness (QED) is 0.0918. The van der Waals surface area contributed by atoms with E-state index in [1.54, 1.807) is 12.1 Å². The number of carbonyl (C=O) groups excluding carboxylic acids is 1. The minimum Gasteiger partial charge on any atom is -0.487 e. The number of urea groups is 1. The third-order valence-electron chi connectivity index (χ3n) is 7.86. The Bertz CT molecular complexity index is 2010. The number of fused-ring (bicyclic) bond motifs is 1. The average Bonchev–Trinajstić information content (AvgIpc) is 3.10. The number of pyridine rings is 1. The molecule has 5 aromatic carbocycles. The Kier molecular flexibility index (Phi) is 10.0. The third-order valence-corrected chi connectivity index (χ3v) is 7.86. The minimum absolute atomic E-state index is 0.238. The van der Waals surface area contributed by atoms with Gasteiger partial charge in [0.05, 0.1) is 17.3 Å². The molecule has 8 nitrogen and oxygen atoms in total. The molecule has 0 saturated carbocycles. The molecular weight excluding hydrogens is 588 g/mol. The zero-order valence-corrected chi connectivity index (χ0v) is 25.8. The lowest BCUT2D eigenvalue weighted by Crippen LogP contribution is -2.24. The van der Waals surface area contributed by atoms with Gasteiger partial charge in [0.25, 0.3) is 0 Å². The summed E-state index contributed by atoms with van der Waals surface area (Å²) in [7, 11) is 0. The predicted molar refractivity (Wildman–Crippen MR) is 188 cm³/mol. The van der Waals surface area contributed by atoms with Gasteiger partial charge < -0.3 is 30.8 Å². The van der Waals surface area contributed by atoms with Crippen molar-refractivity contribution in [1.82, 2.24) is 10.3 Å². The van der Waals surface area contributed by atoms with Crippen molar-refractivity contribution in [3.05, 3.63) is 161 Å². The number of benzene rings is 5. The van der Waals surface area contributed by atoms with Gasteiger partial charge in [-0.3, -0.25) is 4.79 Å². The maximum Gasteiger partial charge on any atom is 0.323 e. The molecule has 6 rings (SSSR count). The first-order chi connectivity index (χ1) is 23.0. The Balaban J connectivity index is 1.03. The van der Waals surface area contributed by atoms with Crippen molar-refractivity contribution in [1.29, 1.82) is 0 Å². The number of hydrogen-bond donors (Lipinski definition) is 5. The Morgan fingerprint density at radius 2 is 1.51 bits per heavy atom. The minimum atomic E-state index is -0.804. The fourth-order valence-corrected chi connectivity index (χ4v) is 5.53. The van der Waals surface area contributed by atoms with Gasteiger partial charge in [0.2, 0.25) is 5.56 Å². The van der Waals surface area contributed by atoms with Gasteiger partial charge in [0.1, 0.15) is 12.4 Å². The highest BCUT2D eigenvalue weighted by Crippen LogP contribution is 2.30. The van der Waals surface area contributed by atoms with E-state index in [-0.39, 0.29) is 11.6 Å². The Morgan fingerprint density at radius 1 is 0.766 bits per heavy atom. The smallest absolute Gasteiger partial charge is 0.323 e. The van der Waals surface area contributed by atoms with Crippen LogP contribution in [0.2, 0.25) is 0 Å². The molecule has 2 amide bonds. The molecule has 0 fully saturated rings. The highest BCUT2D eigenvalue weighted by Gasteiger charge is 2.15. The van der Waals surface area contributed by atoms with Crippen LogP contribution in [-0.4, -0.2) is 29.2 Å². The van der Waals surface area contributed by atoms with Crippen LogP contribution >= 0.6 is 0 Å². The Morgan fingerprint density at radius 3 is 2.34 bits per heavy atom. The van der Waals surface area contributed by atoms with E-state index < -0.39 is 6.10 Å². The van der Waals surface area contributed by atoms with Gasteiger partial charge in [0, 0.05) is 29.2 Å². The van der Waals surface area contributed by atoms with Crippen LogP contribution in [0.5, 0.6) is 5.75 Å². The molecule has 1 heterocycles. The number of para-hydroxylation sites is 1. The van der Waals surface area contributed by atoms with E-state index in [4.69, 9.17) is 4.74 Å². The van der Waals surface area contributed by atoms with Crippen LogP contribution in [0.25, 0.3) is 22.0 Å². The fraction of sp³-hybridized carbons (Fsp3) is 0.128. The van der Waals surface area contributed by atoms with Crippen LogP contribution in [0, 0.1) is 0 Å². The van der Waals surface area contributed by atoms with Gasteiger partial charge in [0.15, 0.2) is 0 Å². The summed E-state index contributed by atoms with van der Waals surface area (Å²) in [6, 6.07) is 41.6. The van der Waals surface area contributed by atoms with Crippen LogP contribution in [0.3, 0.4) is 0 Å². The number of amides is 2. The van der Waals surface area contributed by atoms with Gasteiger partial charge in [-0.05, 0) is 65.6 Å². The van der Waals surface area contributed by atoms with E-state index in [9.17, 15) is 14.7 Å². The van der Waals surface area contributed by atoms with Crippen molar-refractivity contribution in [2.24, 2.45) is 0 Å². The molecule has 0 aliphatic heterocycles. The van der Waals surface area contributed by atoms with Gasteiger partial charge in [-0.25, -0.2) is 4.79 Å². The summed E-state index contributed by atoms with van der Waals surface area (Å²) in [5.41, 5.74) is 6.45. The number of ether oxygens (including phenoxy) is 1. The van der Waals surface area contributed by atoms with Crippen molar-refractivity contribution < 1.29 is 14.6 Å². The summed E-state index contributed by atoms with van der Waals surface area (Å²) in [6.45, 7) is 1.30. The molecule has 236 valence electrons. The van der Waals surface area contributed by atoms with Gasteiger partial charge in [-0.2, -0.15) is 0 Å². The van der Waals surface area contributed by atoms with Crippen LogP contribution in [-0.2, 0) is 13.0 Å². The van der Waals surface area contributed by atoms with Gasteiger partial charge in [-0.1, -0.05) is 97.1 Å². The van der Waals surface area contributed by atoms with Crippen LogP contribution in [0.15, 0.2) is 138 Å². The van der Waals surface area contributed by atoms with Crippen molar-refractivity contribution in [2.45, 2.75) is 19.1 Å². The highest BCUT2D eigenvalue weighted by atomic mass is 16.5. The van der Waals surface area contributed by atoms with Crippen LogP contribution < -0.4 is 26.2 Å². The van der Waals surface area contributed by atoms with Crippen molar-refractivity contribution >= 4 is 28.3 Å². The second-order valence-corrected chi connectivity index (χ2v) is 11.2. The number of carbonyl (C=O) groups is 1. The number of aliphatic hydroxyl groups excluding tert-OH is 1. The molecular formula is C39H36N4O4. The zero-order chi connectivity index (χ0) is 32.4. The standard InChI is InChI=1S/C39H36N4O4/c44-35(32-18-20-36(38-33(32)19-21-37(45)43-38)47-26-28-10-3-1-4-11-28)25-40-23-22-27-12-9-15-30(24-27)41-39(46)42-34-17-8-7-16-31(34)29-13-5-2-6-14-29/h1-21,24,35,40,44H,22-23,25-26H2,(H,43,45)(H2,41,42,46)/t35-/m0/s1. The third kappa shape index (κ3) is 8.12. The second-order valence-electron chi connectivity index (χ2n) is 11.2. The Labute approximate surface area is 273 Å². The first kappa shape index (κ1) is 31.3. The number of H-pyrrole nitrogens is 1. The molecule has 1 atom stereocenters. The van der Waals surface area contributed by atoms with E-state index >= 15 is 0 Å². The summed E-state index contributed by atoms with van der Waals surface area (Å²) < 4.78 is 6.03. The van der Waals surface area contributed by atoms with Crippen molar-refractivity contribution in [2.75, 3.05) is 23.7 Å². The molecule has 47 heavy (non-hydrogen) atoms. The largest absolute Gasteiger partial charge is 0.487 e. The topological polar surface area (TPSA) is 115 Å². The summed E-state index contributed by atoms with van der Waals surface area (Å²) in [5, 5.41) is 21.1. The molecule has 0 radical (unpaired) electrons. The summed E-state index contributed by atoms with van der Waals surface area (Å²) in [5.74, 6) is 0.549. The van der Waals surface area contributed by atoms with E-state index in [2.05, 4.69) is 20.9 Å². The van der Waals surface area contributed by atoms with Crippen LogP contribution in [0.4, 0.5) is 16.2 Å². The van der Waals surface area contributed by atoms with E-state index in [1.165, 1.54) is 6.07 Å². The number of aromatic nitrogens is 1. The lowest BCUT2D eigenvalue weighted by atomic mass is 10.0. The van der Waals surface area contributed by atoms with E-state index in [0.29, 0.717) is 48.6 Å². The molecule has 0 aliphatic carbocycles. The highest BCUT2D eigenvalue weighted by molar-refractivity contribution is 6.02. The Hall–Kier alpha value is -5.70. The fourth-order valence-electron chi connectivity index (χ4n) is 5.53. The van der Waals surface area contributed by atoms with Gasteiger partial charge in [-0.15, -0.1) is 0 Å². The molecule has 0 bridgehead atoms. The second kappa shape index (κ2) is 15.1. The maximum absolute atomic E-state index is 12.9. The molecule has 6 aromatic rings. The molecule has 0 aliphatic rings. The number of aromatic amines is 1. The average molecular weight is 625 g/mol. The molecule has 5 N–H and O–H groups in total. The molecule has 0 unspecified atom stereocenters. The monoisotopic (exact) mass is 624 g/mol. The summed E-state index contributed by atoms with van der Waals surface area (Å²) in [6.07, 6.45) is -0.108. The number of aliphatic hydroxyl groups is 1. The lowest BCUT2D eigenvalue weighted by molar-refractivity contribution is 0.176. The van der Waals surface area contributed by atoms with Crippen LogP contribution in [0.1, 0.15) is 22.8 Å². The van der Waals surface area contributed by atoms with Gasteiger partial charge >= 0.3 is 6.03 Å². The van der Waals surface area contributed by atoms with E-state index in [0.717, 1.165) is 33.3 Å². The molecule has 8 heteroatoms. The number of anilines is 2. The number of nitrogens with one attached hydrogen (secondary N) is 4. The lowest BCUT2D eigenvalue weighted by Gasteiger charge is -2.17. The summed E-state index contributed by atoms with van der Waals surface area (Å²) >= 11 is 0.